The van der Waals surface area contributed by atoms with Crippen LogP contribution in [0.25, 0.3) is 5.82 Å². The van der Waals surface area contributed by atoms with Gasteiger partial charge in [-0.1, -0.05) is 12.1 Å². The van der Waals surface area contributed by atoms with E-state index >= 15 is 0 Å². The normalized spacial score (nSPS) is 21.8. The van der Waals surface area contributed by atoms with E-state index in [9.17, 15) is 4.79 Å². The molecular formula is C21H24N6O3. The number of methoxy groups -OCH3 is 1. The summed E-state index contributed by atoms with van der Waals surface area (Å²) >= 11 is 0. The molecule has 156 valence electrons. The molecule has 1 aliphatic heterocycles. The van der Waals surface area contributed by atoms with Gasteiger partial charge in [0.15, 0.2) is 11.6 Å². The minimum absolute atomic E-state index is 0.0119. The van der Waals surface area contributed by atoms with Crippen molar-refractivity contribution in [3.8, 4) is 11.6 Å². The lowest BCUT2D eigenvalue weighted by Gasteiger charge is -2.41. The number of aromatic nitrogens is 5. The molecule has 30 heavy (non-hydrogen) atoms. The van der Waals surface area contributed by atoms with Crippen molar-refractivity contribution in [2.24, 2.45) is 7.05 Å². The fourth-order valence-corrected chi connectivity index (χ4v) is 4.12. The zero-order valence-electron chi connectivity index (χ0n) is 17.2. The smallest absolute Gasteiger partial charge is 0.249 e. The first-order chi connectivity index (χ1) is 14.6. The minimum atomic E-state index is -0.451. The van der Waals surface area contributed by atoms with Gasteiger partial charge in [0, 0.05) is 19.2 Å². The largest absolute Gasteiger partial charge is 0.497 e. The minimum Gasteiger partial charge on any atom is -0.497 e. The van der Waals surface area contributed by atoms with Crippen LogP contribution in [0.4, 0.5) is 0 Å². The van der Waals surface area contributed by atoms with Crippen LogP contribution in [0.5, 0.6) is 5.75 Å². The predicted molar refractivity (Wildman–Crippen MR) is 107 cm³/mol. The molecule has 2 atom stereocenters. The third kappa shape index (κ3) is 3.15. The van der Waals surface area contributed by atoms with Crippen LogP contribution in [0.1, 0.15) is 42.2 Å². The molecule has 1 amide bonds. The molecule has 2 aliphatic rings. The van der Waals surface area contributed by atoms with E-state index in [1.807, 2.05) is 49.2 Å². The average molecular weight is 408 g/mol. The van der Waals surface area contributed by atoms with E-state index in [1.54, 1.807) is 22.7 Å². The van der Waals surface area contributed by atoms with E-state index in [4.69, 9.17) is 14.5 Å². The predicted octanol–water partition coefficient (Wildman–Crippen LogP) is 2.12. The Balaban J connectivity index is 1.62. The van der Waals surface area contributed by atoms with Gasteiger partial charge in [-0.3, -0.25) is 9.48 Å². The Morgan fingerprint density at radius 2 is 1.93 bits per heavy atom. The van der Waals surface area contributed by atoms with Crippen LogP contribution in [-0.2, 0) is 16.6 Å². The quantitative estimate of drug-likeness (QED) is 0.643. The van der Waals surface area contributed by atoms with Crippen molar-refractivity contribution in [3.05, 3.63) is 53.7 Å². The molecule has 1 aliphatic carbocycles. The van der Waals surface area contributed by atoms with Gasteiger partial charge in [-0.15, -0.1) is 5.10 Å². The number of benzene rings is 1. The van der Waals surface area contributed by atoms with E-state index in [-0.39, 0.29) is 24.6 Å². The lowest BCUT2D eigenvalue weighted by Crippen LogP contribution is -2.47. The van der Waals surface area contributed by atoms with Crippen molar-refractivity contribution in [1.29, 1.82) is 0 Å². The zero-order valence-corrected chi connectivity index (χ0v) is 17.2. The lowest BCUT2D eigenvalue weighted by molar-refractivity contribution is -0.160. The fourth-order valence-electron chi connectivity index (χ4n) is 4.12. The maximum Gasteiger partial charge on any atom is 0.249 e. The summed E-state index contributed by atoms with van der Waals surface area (Å²) in [7, 11) is 3.50. The molecule has 5 rings (SSSR count). The highest BCUT2D eigenvalue weighted by molar-refractivity contribution is 5.79. The number of hydrogen-bond acceptors (Lipinski definition) is 6. The molecule has 9 heteroatoms. The van der Waals surface area contributed by atoms with E-state index in [1.165, 1.54) is 0 Å². The number of carbonyl (C=O) groups excluding carboxylic acids is 1. The molecule has 1 aromatic carbocycles. The number of rotatable bonds is 5. The Hall–Kier alpha value is -3.20. The number of ether oxygens (including phenoxy) is 2. The molecule has 0 N–H and O–H groups in total. The number of hydrogen-bond donors (Lipinski definition) is 0. The summed E-state index contributed by atoms with van der Waals surface area (Å²) in [6, 6.07) is 9.63. The van der Waals surface area contributed by atoms with Crippen LogP contribution in [0.15, 0.2) is 36.5 Å². The summed E-state index contributed by atoms with van der Waals surface area (Å²) in [4.78, 5) is 19.5. The van der Waals surface area contributed by atoms with Gasteiger partial charge in [0.05, 0.1) is 19.3 Å². The van der Waals surface area contributed by atoms with Crippen LogP contribution in [0, 0.1) is 6.92 Å². The summed E-state index contributed by atoms with van der Waals surface area (Å²) in [5, 5.41) is 8.85. The Bertz CT molecular complexity index is 1070. The maximum atomic E-state index is 12.9. The van der Waals surface area contributed by atoms with Crippen molar-refractivity contribution in [2.75, 3.05) is 13.7 Å². The van der Waals surface area contributed by atoms with E-state index in [2.05, 4.69) is 10.2 Å². The molecule has 0 radical (unpaired) electrons. The molecule has 2 fully saturated rings. The summed E-state index contributed by atoms with van der Waals surface area (Å²) in [5.41, 5.74) is 0.984. The van der Waals surface area contributed by atoms with Crippen molar-refractivity contribution < 1.29 is 14.3 Å². The average Bonchev–Trinajstić information content (AvgIpc) is 3.39. The molecule has 3 aromatic rings. The lowest BCUT2D eigenvalue weighted by atomic mass is 9.96. The Morgan fingerprint density at radius 3 is 2.57 bits per heavy atom. The van der Waals surface area contributed by atoms with Gasteiger partial charge >= 0.3 is 0 Å². The van der Waals surface area contributed by atoms with Crippen molar-refractivity contribution in [3.63, 3.8) is 0 Å². The maximum absolute atomic E-state index is 12.9. The Labute approximate surface area is 174 Å². The highest BCUT2D eigenvalue weighted by atomic mass is 16.5. The van der Waals surface area contributed by atoms with Gasteiger partial charge in [0.25, 0.3) is 0 Å². The molecule has 0 spiro atoms. The second kappa shape index (κ2) is 7.24. The van der Waals surface area contributed by atoms with Gasteiger partial charge in [0.2, 0.25) is 5.91 Å². The second-order valence-corrected chi connectivity index (χ2v) is 7.72. The van der Waals surface area contributed by atoms with Gasteiger partial charge in [0.1, 0.15) is 24.3 Å². The van der Waals surface area contributed by atoms with Gasteiger partial charge in [-0.25, -0.2) is 4.98 Å². The van der Waals surface area contributed by atoms with Crippen molar-refractivity contribution in [1.82, 2.24) is 29.4 Å². The topological polar surface area (TPSA) is 87.3 Å². The summed E-state index contributed by atoms with van der Waals surface area (Å²) in [5.74, 6) is 2.87. The molecule has 0 unspecified atom stereocenters. The number of nitrogens with zero attached hydrogens (tertiary/aromatic N) is 6. The first kappa shape index (κ1) is 18.8. The zero-order chi connectivity index (χ0) is 20.8. The van der Waals surface area contributed by atoms with Crippen molar-refractivity contribution >= 4 is 5.91 Å². The van der Waals surface area contributed by atoms with Crippen LogP contribution in [0.3, 0.4) is 0 Å². The van der Waals surface area contributed by atoms with Crippen LogP contribution in [0.2, 0.25) is 0 Å². The molecule has 0 bridgehead atoms. The molecule has 1 saturated heterocycles. The standard InChI is InChI=1S/C21H24N6O3/c1-13-23-21(27(24-13)17-10-11-22-25(17)2)20-19(14-4-8-16(29-3)9-5-14)26(15-6-7-15)18(28)12-30-20/h4-5,8-11,15,19-20H,6-7,12H2,1-3H3/t19-,20+/m1/s1. The van der Waals surface area contributed by atoms with E-state index < -0.39 is 6.10 Å². The van der Waals surface area contributed by atoms with Crippen LogP contribution < -0.4 is 4.74 Å². The monoisotopic (exact) mass is 408 g/mol. The fraction of sp³-hybridized carbons (Fsp3) is 0.429. The number of aryl methyl sites for hydroxylation is 2. The molecule has 2 aromatic heterocycles. The van der Waals surface area contributed by atoms with Crippen LogP contribution >= 0.6 is 0 Å². The molecular weight excluding hydrogens is 384 g/mol. The molecule has 3 heterocycles. The number of carbonyl (C=O) groups is 1. The van der Waals surface area contributed by atoms with Gasteiger partial charge in [-0.2, -0.15) is 9.78 Å². The highest BCUT2D eigenvalue weighted by Gasteiger charge is 2.47. The first-order valence-electron chi connectivity index (χ1n) is 10.1. The van der Waals surface area contributed by atoms with E-state index in [0.717, 1.165) is 30.0 Å². The summed E-state index contributed by atoms with van der Waals surface area (Å²) < 4.78 is 14.9. The Kier molecular flexibility index (Phi) is 4.54. The second-order valence-electron chi connectivity index (χ2n) is 7.72. The molecule has 9 nitrogen and oxygen atoms in total. The first-order valence-corrected chi connectivity index (χ1v) is 10.1. The number of morpholine rings is 1. The van der Waals surface area contributed by atoms with Crippen LogP contribution in [-0.4, -0.2) is 55.1 Å². The van der Waals surface area contributed by atoms with Crippen molar-refractivity contribution in [2.45, 2.75) is 38.0 Å². The third-order valence-electron chi connectivity index (χ3n) is 5.66. The Morgan fingerprint density at radius 1 is 1.17 bits per heavy atom. The SMILES string of the molecule is COc1ccc([C@@H]2[C@@H](c3nc(C)nn3-c3ccnn3C)OCC(=O)N2C2CC2)cc1. The summed E-state index contributed by atoms with van der Waals surface area (Å²) in [6.07, 6.45) is 3.29. The van der Waals surface area contributed by atoms with Gasteiger partial charge < -0.3 is 14.4 Å². The summed E-state index contributed by atoms with van der Waals surface area (Å²) in [6.45, 7) is 1.89. The number of amides is 1. The molecule has 1 saturated carbocycles. The van der Waals surface area contributed by atoms with E-state index in [0.29, 0.717) is 11.6 Å². The highest BCUT2D eigenvalue weighted by Crippen LogP contribution is 2.45. The van der Waals surface area contributed by atoms with Gasteiger partial charge in [-0.05, 0) is 37.5 Å². The third-order valence-corrected chi connectivity index (χ3v) is 5.66.